The highest BCUT2D eigenvalue weighted by atomic mass is 16.6. The molecule has 0 amide bonds. The number of hydrogen-bond donors (Lipinski definition) is 1. The van der Waals surface area contributed by atoms with Crippen LogP contribution >= 0.6 is 0 Å². The molecule has 1 N–H and O–H groups in total. The first-order valence-corrected chi connectivity index (χ1v) is 8.33. The van der Waals surface area contributed by atoms with Gasteiger partial charge >= 0.3 is 11.7 Å². The van der Waals surface area contributed by atoms with Crippen molar-refractivity contribution in [2.75, 3.05) is 13.7 Å². The molecular weight excluding hydrogens is 340 g/mol. The third-order valence-electron chi connectivity index (χ3n) is 4.17. The molecule has 2 aromatic rings. The van der Waals surface area contributed by atoms with Crippen molar-refractivity contribution < 1.29 is 19.0 Å². The van der Waals surface area contributed by atoms with Gasteiger partial charge in [0, 0.05) is 6.42 Å². The highest BCUT2D eigenvalue weighted by Crippen LogP contribution is 2.27. The van der Waals surface area contributed by atoms with Crippen LogP contribution in [0.2, 0.25) is 0 Å². The normalized spacial score (nSPS) is 16.5. The van der Waals surface area contributed by atoms with Crippen molar-refractivity contribution in [1.82, 2.24) is 9.55 Å². The van der Waals surface area contributed by atoms with Crippen LogP contribution in [0.1, 0.15) is 26.3 Å². The number of aromatic amines is 1. The Hall–Kier alpha value is -2.61. The van der Waals surface area contributed by atoms with Crippen LogP contribution in [0.5, 0.6) is 5.75 Å². The number of nitrogens with zero attached hydrogens (tertiary/aromatic N) is 1. The van der Waals surface area contributed by atoms with Crippen LogP contribution in [-0.4, -0.2) is 35.3 Å². The molecule has 3 rings (SSSR count). The molecule has 8 heteroatoms. The summed E-state index contributed by atoms with van der Waals surface area (Å²) in [7, 11) is 1.52. The first-order chi connectivity index (χ1) is 12.2. The van der Waals surface area contributed by atoms with Gasteiger partial charge < -0.3 is 19.2 Å². The summed E-state index contributed by atoms with van der Waals surface area (Å²) in [5.41, 5.74) is -0.638. The van der Waals surface area contributed by atoms with Gasteiger partial charge in [0.05, 0.1) is 36.1 Å². The Labute approximate surface area is 149 Å². The number of nitrogens with one attached hydrogen (secondary N) is 1. The molecule has 0 saturated carbocycles. The molecule has 26 heavy (non-hydrogen) atoms. The summed E-state index contributed by atoms with van der Waals surface area (Å²) in [6.45, 7) is 5.33. The molecule has 140 valence electrons. The highest BCUT2D eigenvalue weighted by Gasteiger charge is 2.26. The standard InChI is InChI=1S/C18H22N2O6/c1-18(2,3)16(22)26-9-20-15(21)12-7-14(24-4)10(5-11-8-25-11)6-13(12)19-17(20)23/h6-7,11H,5,8-9H2,1-4H3,(H,19,23). The number of benzene rings is 1. The zero-order chi connectivity index (χ0) is 19.1. The summed E-state index contributed by atoms with van der Waals surface area (Å²) >= 11 is 0. The van der Waals surface area contributed by atoms with E-state index in [1.165, 1.54) is 7.11 Å². The predicted molar refractivity (Wildman–Crippen MR) is 94.4 cm³/mol. The number of epoxide rings is 1. The average Bonchev–Trinajstić information content (AvgIpc) is 3.37. The average molecular weight is 362 g/mol. The van der Waals surface area contributed by atoms with E-state index < -0.39 is 29.4 Å². The van der Waals surface area contributed by atoms with Gasteiger partial charge in [-0.05, 0) is 38.5 Å². The molecule has 2 heterocycles. The molecule has 1 aromatic carbocycles. The largest absolute Gasteiger partial charge is 0.496 e. The first-order valence-electron chi connectivity index (χ1n) is 8.33. The van der Waals surface area contributed by atoms with E-state index in [4.69, 9.17) is 14.2 Å². The molecule has 1 aliphatic rings. The lowest BCUT2D eigenvalue weighted by molar-refractivity contribution is -0.157. The second kappa shape index (κ2) is 6.60. The number of hydrogen-bond acceptors (Lipinski definition) is 6. The Morgan fingerprint density at radius 2 is 2.04 bits per heavy atom. The van der Waals surface area contributed by atoms with E-state index in [2.05, 4.69) is 4.98 Å². The fraction of sp³-hybridized carbons (Fsp3) is 0.500. The van der Waals surface area contributed by atoms with E-state index in [0.29, 0.717) is 24.3 Å². The number of fused-ring (bicyclic) bond motifs is 1. The second-order valence-electron chi connectivity index (χ2n) is 7.34. The van der Waals surface area contributed by atoms with Gasteiger partial charge in [0.1, 0.15) is 5.75 Å². The summed E-state index contributed by atoms with van der Waals surface area (Å²) in [5.74, 6) is 0.0524. The molecule has 0 aliphatic carbocycles. The number of rotatable bonds is 5. The number of aromatic nitrogens is 2. The molecular formula is C18H22N2O6. The Morgan fingerprint density at radius 1 is 1.35 bits per heavy atom. The van der Waals surface area contributed by atoms with Crippen molar-refractivity contribution in [2.45, 2.75) is 40.0 Å². The van der Waals surface area contributed by atoms with Crippen molar-refractivity contribution in [3.8, 4) is 5.75 Å². The Morgan fingerprint density at radius 3 is 2.62 bits per heavy atom. The fourth-order valence-electron chi connectivity index (χ4n) is 2.56. The maximum absolute atomic E-state index is 12.7. The monoisotopic (exact) mass is 362 g/mol. The minimum absolute atomic E-state index is 0.144. The second-order valence-corrected chi connectivity index (χ2v) is 7.34. The number of carbonyl (C=O) groups excluding carboxylic acids is 1. The SMILES string of the molecule is COc1cc2c(=O)n(COC(=O)C(C)(C)C)c(=O)[nH]c2cc1CC1CO1. The summed E-state index contributed by atoms with van der Waals surface area (Å²) in [6.07, 6.45) is 0.790. The van der Waals surface area contributed by atoms with Crippen LogP contribution < -0.4 is 16.0 Å². The van der Waals surface area contributed by atoms with E-state index in [0.717, 1.165) is 10.1 Å². The number of H-pyrrole nitrogens is 1. The van der Waals surface area contributed by atoms with Gasteiger partial charge in [-0.15, -0.1) is 0 Å². The maximum atomic E-state index is 12.7. The van der Waals surface area contributed by atoms with Crippen LogP contribution in [0.3, 0.4) is 0 Å². The molecule has 0 radical (unpaired) electrons. The molecule has 0 spiro atoms. The van der Waals surface area contributed by atoms with Crippen molar-refractivity contribution in [3.05, 3.63) is 38.5 Å². The molecule has 1 saturated heterocycles. The van der Waals surface area contributed by atoms with Crippen LogP contribution in [0.4, 0.5) is 0 Å². The van der Waals surface area contributed by atoms with Gasteiger partial charge in [0.15, 0.2) is 6.73 Å². The Kier molecular flexibility index (Phi) is 4.62. The smallest absolute Gasteiger partial charge is 0.331 e. The lowest BCUT2D eigenvalue weighted by Crippen LogP contribution is -2.37. The zero-order valence-corrected chi connectivity index (χ0v) is 15.3. The fourth-order valence-corrected chi connectivity index (χ4v) is 2.56. The quantitative estimate of drug-likeness (QED) is 0.633. The van der Waals surface area contributed by atoms with Crippen LogP contribution in [0, 0.1) is 5.41 Å². The Bertz CT molecular complexity index is 963. The van der Waals surface area contributed by atoms with E-state index in [1.54, 1.807) is 32.9 Å². The molecule has 0 bridgehead atoms. The van der Waals surface area contributed by atoms with Crippen LogP contribution in [0.15, 0.2) is 21.7 Å². The summed E-state index contributed by atoms with van der Waals surface area (Å²) in [6, 6.07) is 3.32. The number of methoxy groups -OCH3 is 1. The van der Waals surface area contributed by atoms with Crippen molar-refractivity contribution in [2.24, 2.45) is 5.41 Å². The van der Waals surface area contributed by atoms with Gasteiger partial charge in [-0.25, -0.2) is 9.36 Å². The lowest BCUT2D eigenvalue weighted by atomic mass is 9.98. The zero-order valence-electron chi connectivity index (χ0n) is 15.3. The molecule has 1 unspecified atom stereocenters. The molecule has 1 aliphatic heterocycles. The van der Waals surface area contributed by atoms with Gasteiger partial charge in [-0.2, -0.15) is 0 Å². The summed E-state index contributed by atoms with van der Waals surface area (Å²) < 4.78 is 16.6. The lowest BCUT2D eigenvalue weighted by Gasteiger charge is -2.17. The topological polar surface area (TPSA) is 103 Å². The Balaban J connectivity index is 1.99. The molecule has 1 atom stereocenters. The number of carbonyl (C=O) groups is 1. The van der Waals surface area contributed by atoms with Crippen molar-refractivity contribution >= 4 is 16.9 Å². The number of ether oxygens (including phenoxy) is 3. The van der Waals surface area contributed by atoms with Gasteiger partial charge in [0.25, 0.3) is 5.56 Å². The first kappa shape index (κ1) is 18.2. The number of esters is 1. The van der Waals surface area contributed by atoms with E-state index in [9.17, 15) is 14.4 Å². The van der Waals surface area contributed by atoms with Gasteiger partial charge in [-0.3, -0.25) is 9.59 Å². The predicted octanol–water partition coefficient (Wildman–Crippen LogP) is 1.19. The molecule has 8 nitrogen and oxygen atoms in total. The summed E-state index contributed by atoms with van der Waals surface area (Å²) in [4.78, 5) is 39.5. The summed E-state index contributed by atoms with van der Waals surface area (Å²) in [5, 5.41) is 0.286. The third-order valence-corrected chi connectivity index (χ3v) is 4.17. The van der Waals surface area contributed by atoms with E-state index in [1.807, 2.05) is 0 Å². The van der Waals surface area contributed by atoms with Crippen molar-refractivity contribution in [3.63, 3.8) is 0 Å². The van der Waals surface area contributed by atoms with Gasteiger partial charge in [-0.1, -0.05) is 0 Å². The van der Waals surface area contributed by atoms with Crippen LogP contribution in [-0.2, 0) is 27.4 Å². The van der Waals surface area contributed by atoms with E-state index in [-0.39, 0.29) is 11.5 Å². The minimum atomic E-state index is -0.726. The maximum Gasteiger partial charge on any atom is 0.331 e. The molecule has 1 fully saturated rings. The van der Waals surface area contributed by atoms with Crippen LogP contribution in [0.25, 0.3) is 10.9 Å². The van der Waals surface area contributed by atoms with Gasteiger partial charge in [0.2, 0.25) is 0 Å². The van der Waals surface area contributed by atoms with Crippen molar-refractivity contribution in [1.29, 1.82) is 0 Å². The molecule has 1 aromatic heterocycles. The minimum Gasteiger partial charge on any atom is -0.496 e. The third kappa shape index (κ3) is 3.65. The van der Waals surface area contributed by atoms with E-state index >= 15 is 0 Å². The highest BCUT2D eigenvalue weighted by molar-refractivity contribution is 5.80.